The van der Waals surface area contributed by atoms with Crippen molar-refractivity contribution >= 4 is 23.5 Å². The summed E-state index contributed by atoms with van der Waals surface area (Å²) in [5.41, 5.74) is -3.40. The van der Waals surface area contributed by atoms with Crippen molar-refractivity contribution in [1.29, 1.82) is 0 Å². The Morgan fingerprint density at radius 2 is 1.65 bits per heavy atom. The second kappa shape index (κ2) is 8.57. The normalized spacial score (nSPS) is 13.0. The van der Waals surface area contributed by atoms with E-state index >= 15 is 0 Å². The minimum absolute atomic E-state index is 0.0474. The fraction of sp³-hybridized carbons (Fsp3) is 1.00. The first kappa shape index (κ1) is 17.5. The molecule has 0 amide bonds. The van der Waals surface area contributed by atoms with Gasteiger partial charge in [-0.3, -0.25) is 4.57 Å². The number of hydrogen-bond donors (Lipinski definition) is 0. The van der Waals surface area contributed by atoms with Gasteiger partial charge in [0.25, 0.3) is 0 Å². The van der Waals surface area contributed by atoms with Crippen LogP contribution in [0.2, 0.25) is 0 Å². The minimum Gasteiger partial charge on any atom is -0.305 e. The van der Waals surface area contributed by atoms with Gasteiger partial charge in [0, 0.05) is 11.8 Å². The van der Waals surface area contributed by atoms with E-state index in [1.54, 1.807) is 0 Å². The molecule has 0 radical (unpaired) electrons. The lowest BCUT2D eigenvalue weighted by molar-refractivity contribution is 0.0296. The van der Waals surface area contributed by atoms with Crippen LogP contribution >= 0.6 is 23.5 Å². The molecule has 0 aliphatic rings. The van der Waals surface area contributed by atoms with E-state index in [1.807, 2.05) is 0 Å². The zero-order chi connectivity index (χ0) is 13.4. The number of halogens is 3. The van der Waals surface area contributed by atoms with Crippen LogP contribution in [0.5, 0.6) is 0 Å². The largest absolute Gasteiger partial charge is 0.399 e. The van der Waals surface area contributed by atoms with Gasteiger partial charge in [0.15, 0.2) is 0 Å². The zero-order valence-electron chi connectivity index (χ0n) is 10.3. The second-order valence-electron chi connectivity index (χ2n) is 3.50. The van der Waals surface area contributed by atoms with Gasteiger partial charge in [0.1, 0.15) is 0 Å². The molecular weight excluding hydrogens is 317 g/mol. The average Bonchev–Trinajstić information content (AvgIpc) is 2.25. The summed E-state index contributed by atoms with van der Waals surface area (Å²) in [7, 11) is -4.32. The predicted octanol–water partition coefficient (Wildman–Crippen LogP) is 4.80. The first-order valence-electron chi connectivity index (χ1n) is 5.76. The molecule has 0 heterocycles. The van der Waals surface area contributed by atoms with Gasteiger partial charge < -0.3 is 9.05 Å². The lowest BCUT2D eigenvalue weighted by Gasteiger charge is -2.25. The molecule has 0 saturated heterocycles. The molecule has 0 aromatic carbocycles. The van der Waals surface area contributed by atoms with Crippen molar-refractivity contribution in [1.82, 2.24) is 0 Å². The first-order chi connectivity index (χ1) is 7.93. The molecule has 0 aliphatic heterocycles. The molecule has 0 rings (SSSR count). The molecule has 17 heavy (non-hydrogen) atoms. The topological polar surface area (TPSA) is 35.5 Å². The molecule has 0 aromatic rings. The summed E-state index contributed by atoms with van der Waals surface area (Å²) in [5.74, 6) is 0. The average molecular weight is 337 g/mol. The lowest BCUT2D eigenvalue weighted by atomic mass is 10.2. The van der Waals surface area contributed by atoms with Gasteiger partial charge in [-0.25, -0.2) is 0 Å². The van der Waals surface area contributed by atoms with Gasteiger partial charge in [0.05, 0.1) is 13.2 Å². The van der Waals surface area contributed by atoms with Gasteiger partial charge >= 0.3 is 13.3 Å². The summed E-state index contributed by atoms with van der Waals surface area (Å²) < 4.78 is 48.7. The van der Waals surface area contributed by atoms with Crippen molar-refractivity contribution in [3.8, 4) is 0 Å². The molecule has 0 saturated carbocycles. The van der Waals surface area contributed by atoms with Crippen molar-refractivity contribution in [2.75, 3.05) is 18.5 Å². The maximum absolute atomic E-state index is 13.7. The number of hydrogen-bond acceptors (Lipinski definition) is 3. The Labute approximate surface area is 110 Å². The van der Waals surface area contributed by atoms with Crippen LogP contribution in [0, 0.1) is 0 Å². The van der Waals surface area contributed by atoms with E-state index in [9.17, 15) is 13.3 Å². The Bertz CT molecular complexity index is 242. The van der Waals surface area contributed by atoms with Gasteiger partial charge in [0.2, 0.25) is 0 Å². The molecule has 0 aliphatic carbocycles. The molecule has 0 spiro atoms. The Hall–Kier alpha value is 0.490. The molecule has 0 bridgehead atoms. The van der Waals surface area contributed by atoms with Gasteiger partial charge in [-0.1, -0.05) is 22.4 Å². The highest BCUT2D eigenvalue weighted by molar-refractivity contribution is 9.09. The highest BCUT2D eigenvalue weighted by Gasteiger charge is 2.52. The molecular formula is C10H20BrF2O3P. The van der Waals surface area contributed by atoms with Crippen LogP contribution in [0.3, 0.4) is 0 Å². The third-order valence-electron chi connectivity index (χ3n) is 2.11. The molecule has 104 valence electrons. The standard InChI is InChI=1S/C10H20BrF2O3P/c1-3-15-17(14,16-4-2)10(12,13)8-6-5-7-9-11/h3-9H2,1-2H3. The van der Waals surface area contributed by atoms with Crippen molar-refractivity contribution in [2.24, 2.45) is 0 Å². The molecule has 7 heteroatoms. The Kier molecular flexibility index (Phi) is 8.81. The molecule has 0 N–H and O–H groups in total. The lowest BCUT2D eigenvalue weighted by Crippen LogP contribution is -2.20. The molecule has 0 unspecified atom stereocenters. The van der Waals surface area contributed by atoms with Crippen molar-refractivity contribution in [2.45, 2.75) is 45.2 Å². The predicted molar refractivity (Wildman–Crippen MR) is 68.1 cm³/mol. The van der Waals surface area contributed by atoms with Gasteiger partial charge in [-0.2, -0.15) is 8.78 Å². The third-order valence-corrected chi connectivity index (χ3v) is 4.89. The fourth-order valence-electron chi connectivity index (χ4n) is 1.31. The molecule has 3 nitrogen and oxygen atoms in total. The van der Waals surface area contributed by atoms with Crippen LogP contribution in [0.1, 0.15) is 39.5 Å². The Morgan fingerprint density at radius 1 is 1.12 bits per heavy atom. The first-order valence-corrected chi connectivity index (χ1v) is 8.43. The maximum atomic E-state index is 13.7. The van der Waals surface area contributed by atoms with Crippen LogP contribution in [0.4, 0.5) is 8.78 Å². The third kappa shape index (κ3) is 5.77. The maximum Gasteiger partial charge on any atom is 0.399 e. The Morgan fingerprint density at radius 3 is 2.06 bits per heavy atom. The van der Waals surface area contributed by atoms with Crippen molar-refractivity contribution in [3.05, 3.63) is 0 Å². The quantitative estimate of drug-likeness (QED) is 0.326. The highest BCUT2D eigenvalue weighted by atomic mass is 79.9. The highest BCUT2D eigenvalue weighted by Crippen LogP contribution is 2.63. The summed E-state index contributed by atoms with van der Waals surface area (Å²) in [6.07, 6.45) is 1.34. The van der Waals surface area contributed by atoms with E-state index < -0.39 is 19.7 Å². The van der Waals surface area contributed by atoms with Crippen molar-refractivity contribution in [3.63, 3.8) is 0 Å². The minimum atomic E-state index is -4.32. The number of rotatable bonds is 10. The van der Waals surface area contributed by atoms with Crippen LogP contribution in [0.25, 0.3) is 0 Å². The second-order valence-corrected chi connectivity index (χ2v) is 6.46. The Balaban J connectivity index is 4.43. The number of alkyl halides is 3. The number of unbranched alkanes of at least 4 members (excludes halogenated alkanes) is 2. The summed E-state index contributed by atoms with van der Waals surface area (Å²) in [6, 6.07) is 0. The van der Waals surface area contributed by atoms with Crippen LogP contribution in [0.15, 0.2) is 0 Å². The zero-order valence-corrected chi connectivity index (χ0v) is 12.7. The van der Waals surface area contributed by atoms with E-state index in [4.69, 9.17) is 0 Å². The van der Waals surface area contributed by atoms with E-state index in [1.165, 1.54) is 13.8 Å². The van der Waals surface area contributed by atoms with E-state index in [0.717, 1.165) is 11.8 Å². The van der Waals surface area contributed by atoms with Crippen LogP contribution in [-0.2, 0) is 13.6 Å². The van der Waals surface area contributed by atoms with Crippen LogP contribution < -0.4 is 0 Å². The smallest absolute Gasteiger partial charge is 0.305 e. The van der Waals surface area contributed by atoms with E-state index in [2.05, 4.69) is 25.0 Å². The summed E-state index contributed by atoms with van der Waals surface area (Å²) in [6.45, 7) is 2.95. The van der Waals surface area contributed by atoms with Gasteiger partial charge in [-0.05, 0) is 26.7 Å². The van der Waals surface area contributed by atoms with E-state index in [0.29, 0.717) is 12.8 Å². The fourth-order valence-corrected chi connectivity index (χ4v) is 3.27. The van der Waals surface area contributed by atoms with E-state index in [-0.39, 0.29) is 13.2 Å². The summed E-state index contributed by atoms with van der Waals surface area (Å²) in [5, 5.41) is 0.785. The monoisotopic (exact) mass is 336 g/mol. The van der Waals surface area contributed by atoms with Crippen LogP contribution in [-0.4, -0.2) is 24.2 Å². The van der Waals surface area contributed by atoms with Gasteiger partial charge in [-0.15, -0.1) is 0 Å². The van der Waals surface area contributed by atoms with Crippen molar-refractivity contribution < 1.29 is 22.4 Å². The summed E-state index contributed by atoms with van der Waals surface area (Å²) >= 11 is 3.23. The molecule has 0 fully saturated rings. The molecule has 0 atom stereocenters. The summed E-state index contributed by atoms with van der Waals surface area (Å²) in [4.78, 5) is 0. The SMILES string of the molecule is CCOP(=O)(OCC)C(F)(F)CCCCCBr. The molecule has 0 aromatic heterocycles.